The second-order valence-electron chi connectivity index (χ2n) is 5.15. The summed E-state index contributed by atoms with van der Waals surface area (Å²) in [4.78, 5) is 24.7. The van der Waals surface area contributed by atoms with Crippen LogP contribution >= 0.6 is 0 Å². The molecule has 0 radical (unpaired) electrons. The minimum absolute atomic E-state index is 0.00614. The van der Waals surface area contributed by atoms with Crippen molar-refractivity contribution in [3.8, 4) is 5.75 Å². The standard InChI is InChI=1S/C14H17F2N3O3/c1-22-8-4-9(15)11(10(16)5-8)12(17)14(21)19-3-2-7(6-19)13(18)20/h4-5,7,12H,2-3,6,17H2,1H3,(H2,18,20). The Balaban J connectivity index is 2.20. The second-order valence-corrected chi connectivity index (χ2v) is 5.15. The molecule has 8 heteroatoms. The van der Waals surface area contributed by atoms with Gasteiger partial charge in [-0.3, -0.25) is 9.59 Å². The number of ether oxygens (including phenoxy) is 1. The van der Waals surface area contributed by atoms with Gasteiger partial charge in [-0.05, 0) is 6.42 Å². The van der Waals surface area contributed by atoms with E-state index in [4.69, 9.17) is 16.2 Å². The van der Waals surface area contributed by atoms with E-state index in [-0.39, 0.29) is 18.8 Å². The number of nitrogens with zero attached hydrogens (tertiary/aromatic N) is 1. The van der Waals surface area contributed by atoms with E-state index >= 15 is 0 Å². The molecule has 1 saturated heterocycles. The van der Waals surface area contributed by atoms with Crippen LogP contribution in [0.1, 0.15) is 18.0 Å². The number of amides is 2. The molecular weight excluding hydrogens is 296 g/mol. The lowest BCUT2D eigenvalue weighted by Crippen LogP contribution is -2.39. The first-order chi connectivity index (χ1) is 10.3. The number of carbonyl (C=O) groups is 2. The quantitative estimate of drug-likeness (QED) is 0.835. The molecule has 1 aliphatic heterocycles. The fourth-order valence-corrected chi connectivity index (χ4v) is 2.49. The largest absolute Gasteiger partial charge is 0.497 e. The van der Waals surface area contributed by atoms with Crippen molar-refractivity contribution in [1.82, 2.24) is 4.90 Å². The van der Waals surface area contributed by atoms with Crippen LogP contribution in [-0.4, -0.2) is 36.9 Å². The van der Waals surface area contributed by atoms with Crippen molar-refractivity contribution in [3.63, 3.8) is 0 Å². The van der Waals surface area contributed by atoms with Crippen LogP contribution in [-0.2, 0) is 9.59 Å². The number of primary amides is 1. The molecule has 0 aromatic heterocycles. The van der Waals surface area contributed by atoms with Gasteiger partial charge in [0.1, 0.15) is 23.4 Å². The summed E-state index contributed by atoms with van der Waals surface area (Å²) in [7, 11) is 1.27. The van der Waals surface area contributed by atoms with Gasteiger partial charge < -0.3 is 21.1 Å². The first kappa shape index (κ1) is 16.2. The fourth-order valence-electron chi connectivity index (χ4n) is 2.49. The molecule has 0 bridgehead atoms. The summed E-state index contributed by atoms with van der Waals surface area (Å²) in [5.74, 6) is -3.53. The summed E-state index contributed by atoms with van der Waals surface area (Å²) < 4.78 is 32.7. The third kappa shape index (κ3) is 3.01. The lowest BCUT2D eigenvalue weighted by molar-refractivity contribution is -0.132. The van der Waals surface area contributed by atoms with Crippen LogP contribution in [0.25, 0.3) is 0 Å². The number of benzene rings is 1. The molecule has 1 fully saturated rings. The topological polar surface area (TPSA) is 98.7 Å². The molecule has 1 heterocycles. The van der Waals surface area contributed by atoms with E-state index in [1.807, 2.05) is 0 Å². The molecule has 1 aromatic rings. The minimum atomic E-state index is -1.49. The molecule has 1 aliphatic rings. The molecule has 2 unspecified atom stereocenters. The molecule has 6 nitrogen and oxygen atoms in total. The van der Waals surface area contributed by atoms with Crippen molar-refractivity contribution in [2.75, 3.05) is 20.2 Å². The van der Waals surface area contributed by atoms with E-state index in [0.717, 1.165) is 12.1 Å². The third-order valence-electron chi connectivity index (χ3n) is 3.77. The van der Waals surface area contributed by atoms with Crippen molar-refractivity contribution in [2.24, 2.45) is 17.4 Å². The van der Waals surface area contributed by atoms with Gasteiger partial charge in [0.15, 0.2) is 0 Å². The van der Waals surface area contributed by atoms with E-state index in [9.17, 15) is 18.4 Å². The molecule has 2 atom stereocenters. The predicted molar refractivity (Wildman–Crippen MR) is 73.7 cm³/mol. The van der Waals surface area contributed by atoms with Crippen molar-refractivity contribution in [1.29, 1.82) is 0 Å². The Morgan fingerprint density at radius 2 is 1.95 bits per heavy atom. The number of carbonyl (C=O) groups excluding carboxylic acids is 2. The number of hydrogen-bond acceptors (Lipinski definition) is 4. The average Bonchev–Trinajstić information content (AvgIpc) is 2.95. The van der Waals surface area contributed by atoms with Gasteiger partial charge in [0.2, 0.25) is 11.8 Å². The highest BCUT2D eigenvalue weighted by atomic mass is 19.1. The maximum Gasteiger partial charge on any atom is 0.244 e. The number of rotatable bonds is 4. The van der Waals surface area contributed by atoms with Crippen LogP contribution in [0.2, 0.25) is 0 Å². The molecule has 0 saturated carbocycles. The summed E-state index contributed by atoms with van der Waals surface area (Å²) in [6, 6.07) is 0.432. The molecule has 0 spiro atoms. The van der Waals surface area contributed by atoms with E-state index < -0.39 is 41.0 Å². The summed E-state index contributed by atoms with van der Waals surface area (Å²) in [6.07, 6.45) is 0.418. The van der Waals surface area contributed by atoms with E-state index in [1.165, 1.54) is 12.0 Å². The highest BCUT2D eigenvalue weighted by Gasteiger charge is 2.34. The SMILES string of the molecule is COc1cc(F)c(C(N)C(=O)N2CCC(C(N)=O)C2)c(F)c1. The molecule has 120 valence electrons. The van der Waals surface area contributed by atoms with Gasteiger partial charge in [-0.15, -0.1) is 0 Å². The first-order valence-corrected chi connectivity index (χ1v) is 6.71. The molecule has 4 N–H and O–H groups in total. The van der Waals surface area contributed by atoms with Gasteiger partial charge in [-0.1, -0.05) is 0 Å². The normalized spacial score (nSPS) is 19.1. The van der Waals surface area contributed by atoms with Gasteiger partial charge >= 0.3 is 0 Å². The smallest absolute Gasteiger partial charge is 0.244 e. The van der Waals surface area contributed by atoms with Crippen LogP contribution in [0.4, 0.5) is 8.78 Å². The number of halogens is 2. The lowest BCUT2D eigenvalue weighted by atomic mass is 10.0. The maximum atomic E-state index is 14.0. The molecule has 1 aromatic carbocycles. The van der Waals surface area contributed by atoms with Gasteiger partial charge in [-0.25, -0.2) is 8.78 Å². The van der Waals surface area contributed by atoms with E-state index in [1.54, 1.807) is 0 Å². The Morgan fingerprint density at radius 1 is 1.36 bits per heavy atom. The monoisotopic (exact) mass is 313 g/mol. The van der Waals surface area contributed by atoms with E-state index in [0.29, 0.717) is 6.42 Å². The highest BCUT2D eigenvalue weighted by Crippen LogP contribution is 2.27. The zero-order valence-electron chi connectivity index (χ0n) is 12.0. The van der Waals surface area contributed by atoms with Crippen molar-refractivity contribution >= 4 is 11.8 Å². The summed E-state index contributed by atoms with van der Waals surface area (Å²) in [6.45, 7) is 0.390. The second kappa shape index (κ2) is 6.27. The van der Waals surface area contributed by atoms with Crippen LogP contribution in [0.15, 0.2) is 12.1 Å². The molecule has 0 aliphatic carbocycles. The minimum Gasteiger partial charge on any atom is -0.497 e. The Labute approximate surface area is 126 Å². The fraction of sp³-hybridized carbons (Fsp3) is 0.429. The van der Waals surface area contributed by atoms with Gasteiger partial charge in [0, 0.05) is 25.2 Å². The predicted octanol–water partition coefficient (Wildman–Crippen LogP) is 0.307. The maximum absolute atomic E-state index is 14.0. The van der Waals surface area contributed by atoms with E-state index in [2.05, 4.69) is 0 Å². The first-order valence-electron chi connectivity index (χ1n) is 6.71. The molecule has 2 rings (SSSR count). The molecule has 22 heavy (non-hydrogen) atoms. The highest BCUT2D eigenvalue weighted by molar-refractivity contribution is 5.85. The van der Waals surface area contributed by atoms with Crippen LogP contribution in [0.3, 0.4) is 0 Å². The zero-order valence-corrected chi connectivity index (χ0v) is 12.0. The average molecular weight is 313 g/mol. The number of nitrogens with two attached hydrogens (primary N) is 2. The summed E-state index contributed by atoms with van der Waals surface area (Å²) >= 11 is 0. The van der Waals surface area contributed by atoms with Crippen molar-refractivity contribution in [2.45, 2.75) is 12.5 Å². The molecule has 2 amide bonds. The Hall–Kier alpha value is -2.22. The Kier molecular flexibility index (Phi) is 4.60. The van der Waals surface area contributed by atoms with Crippen LogP contribution < -0.4 is 16.2 Å². The number of likely N-dealkylation sites (tertiary alicyclic amines) is 1. The lowest BCUT2D eigenvalue weighted by Gasteiger charge is -2.21. The van der Waals surface area contributed by atoms with Crippen LogP contribution in [0.5, 0.6) is 5.75 Å². The number of methoxy groups -OCH3 is 1. The molecular formula is C14H17F2N3O3. The number of hydrogen-bond donors (Lipinski definition) is 2. The van der Waals surface area contributed by atoms with Crippen molar-refractivity contribution < 1.29 is 23.1 Å². The van der Waals surface area contributed by atoms with Gasteiger partial charge in [-0.2, -0.15) is 0 Å². The zero-order chi connectivity index (χ0) is 16.4. The summed E-state index contributed by atoms with van der Waals surface area (Å²) in [5.41, 5.74) is 10.4. The van der Waals surface area contributed by atoms with Gasteiger partial charge in [0.05, 0.1) is 18.6 Å². The Bertz CT molecular complexity index is 586. The Morgan fingerprint density at radius 3 is 2.41 bits per heavy atom. The third-order valence-corrected chi connectivity index (χ3v) is 3.77. The summed E-state index contributed by atoms with van der Waals surface area (Å²) in [5, 5.41) is 0. The van der Waals surface area contributed by atoms with Gasteiger partial charge in [0.25, 0.3) is 0 Å². The van der Waals surface area contributed by atoms with Crippen molar-refractivity contribution in [3.05, 3.63) is 29.3 Å². The van der Waals surface area contributed by atoms with Crippen LogP contribution in [0, 0.1) is 17.6 Å².